The van der Waals surface area contributed by atoms with Crippen molar-refractivity contribution >= 4 is 11.6 Å². The van der Waals surface area contributed by atoms with Crippen LogP contribution in [0.15, 0.2) is 42.5 Å². The molecule has 0 radical (unpaired) electrons. The number of fused-ring (bicyclic) bond motifs is 1. The summed E-state index contributed by atoms with van der Waals surface area (Å²) >= 11 is 0. The molecule has 0 aliphatic heterocycles. The fourth-order valence-corrected chi connectivity index (χ4v) is 2.73. The van der Waals surface area contributed by atoms with Crippen molar-refractivity contribution < 1.29 is 9.59 Å². The van der Waals surface area contributed by atoms with E-state index in [2.05, 4.69) is 0 Å². The van der Waals surface area contributed by atoms with Crippen LogP contribution in [-0.2, 0) is 6.42 Å². The molecule has 0 fully saturated rings. The topological polar surface area (TPSA) is 34.1 Å². The van der Waals surface area contributed by atoms with Gasteiger partial charge in [0, 0.05) is 11.1 Å². The maximum absolute atomic E-state index is 12.5. The highest BCUT2D eigenvalue weighted by molar-refractivity contribution is 6.18. The number of ketones is 2. The summed E-state index contributed by atoms with van der Waals surface area (Å²) in [5.74, 6) is -0.646. The van der Waals surface area contributed by atoms with Crippen LogP contribution in [0.1, 0.15) is 37.4 Å². The van der Waals surface area contributed by atoms with Gasteiger partial charge in [-0.2, -0.15) is 0 Å². The van der Waals surface area contributed by atoms with E-state index in [-0.39, 0.29) is 11.6 Å². The van der Waals surface area contributed by atoms with Crippen LogP contribution in [0.3, 0.4) is 0 Å². The quantitative estimate of drug-likeness (QED) is 0.614. The number of benzene rings is 2. The molecule has 0 saturated carbocycles. The predicted octanol–water partition coefficient (Wildman–Crippen LogP) is 3.54. The van der Waals surface area contributed by atoms with Gasteiger partial charge < -0.3 is 0 Å². The summed E-state index contributed by atoms with van der Waals surface area (Å²) in [6, 6.07) is 13.3. The largest absolute Gasteiger partial charge is 0.293 e. The number of carbonyl (C=O) groups excluding carboxylic acids is 2. The maximum atomic E-state index is 12.5. The Morgan fingerprint density at radius 1 is 1.00 bits per heavy atom. The van der Waals surface area contributed by atoms with E-state index < -0.39 is 5.92 Å². The van der Waals surface area contributed by atoms with Crippen LogP contribution < -0.4 is 0 Å². The Morgan fingerprint density at radius 2 is 1.65 bits per heavy atom. The molecule has 0 spiro atoms. The van der Waals surface area contributed by atoms with E-state index in [0.717, 1.165) is 22.3 Å². The van der Waals surface area contributed by atoms with E-state index in [1.165, 1.54) is 0 Å². The zero-order valence-electron chi connectivity index (χ0n) is 11.6. The lowest BCUT2D eigenvalue weighted by molar-refractivity contribution is 0.0822. The lowest BCUT2D eigenvalue weighted by Crippen LogP contribution is -2.20. The first-order valence-electron chi connectivity index (χ1n) is 6.81. The summed E-state index contributed by atoms with van der Waals surface area (Å²) in [5.41, 5.74) is 4.50. The first kappa shape index (κ1) is 12.8. The molecule has 0 bridgehead atoms. The Labute approximate surface area is 118 Å². The number of hydrogen-bond donors (Lipinski definition) is 0. The van der Waals surface area contributed by atoms with Crippen LogP contribution in [0.5, 0.6) is 0 Å². The van der Waals surface area contributed by atoms with Crippen molar-refractivity contribution in [1.29, 1.82) is 0 Å². The second kappa shape index (κ2) is 4.71. The van der Waals surface area contributed by atoms with E-state index in [9.17, 15) is 9.59 Å². The maximum Gasteiger partial charge on any atom is 0.174 e. The second-order valence-electron chi connectivity index (χ2n) is 5.51. The molecule has 2 nitrogen and oxygen atoms in total. The van der Waals surface area contributed by atoms with E-state index >= 15 is 0 Å². The normalized spacial score (nSPS) is 17.1. The van der Waals surface area contributed by atoms with Gasteiger partial charge in [-0.1, -0.05) is 47.5 Å². The number of hydrogen-bond acceptors (Lipinski definition) is 2. The van der Waals surface area contributed by atoms with Crippen LogP contribution in [0.25, 0.3) is 0 Å². The van der Waals surface area contributed by atoms with E-state index in [0.29, 0.717) is 12.0 Å². The van der Waals surface area contributed by atoms with Crippen molar-refractivity contribution in [3.8, 4) is 0 Å². The zero-order valence-corrected chi connectivity index (χ0v) is 11.6. The van der Waals surface area contributed by atoms with E-state index in [4.69, 9.17) is 0 Å². The van der Waals surface area contributed by atoms with E-state index in [1.54, 1.807) is 12.1 Å². The van der Waals surface area contributed by atoms with Gasteiger partial charge in [-0.3, -0.25) is 9.59 Å². The molecule has 0 amide bonds. The average molecular weight is 264 g/mol. The molecule has 1 aliphatic carbocycles. The lowest BCUT2D eigenvalue weighted by Gasteiger charge is -2.07. The molecular weight excluding hydrogens is 248 g/mol. The SMILES string of the molecule is Cc1ccc(C(=O)C2Cc3ccc(C)cc3C2=O)cc1. The molecule has 2 heteroatoms. The zero-order chi connectivity index (χ0) is 14.3. The molecule has 0 N–H and O–H groups in total. The molecule has 1 unspecified atom stereocenters. The van der Waals surface area contributed by atoms with Gasteiger partial charge in [-0.15, -0.1) is 0 Å². The minimum absolute atomic E-state index is 0.0331. The van der Waals surface area contributed by atoms with Crippen molar-refractivity contribution in [2.75, 3.05) is 0 Å². The van der Waals surface area contributed by atoms with Crippen molar-refractivity contribution in [1.82, 2.24) is 0 Å². The predicted molar refractivity (Wildman–Crippen MR) is 78.2 cm³/mol. The summed E-state index contributed by atoms with van der Waals surface area (Å²) in [7, 11) is 0. The number of rotatable bonds is 2. The molecular formula is C18H16O2. The summed E-state index contributed by atoms with van der Waals surface area (Å²) in [6.45, 7) is 3.94. The van der Waals surface area contributed by atoms with Crippen LogP contribution >= 0.6 is 0 Å². The molecule has 0 saturated heterocycles. The number of Topliss-reactive ketones (excluding diaryl/α,β-unsaturated/α-hetero) is 2. The summed E-state index contributed by atoms with van der Waals surface area (Å²) in [6.07, 6.45) is 0.529. The van der Waals surface area contributed by atoms with Gasteiger partial charge in [0.1, 0.15) is 0 Å². The summed E-state index contributed by atoms with van der Waals surface area (Å²) in [5, 5.41) is 0. The molecule has 2 aromatic rings. The molecule has 1 aliphatic rings. The van der Waals surface area contributed by atoms with Crippen LogP contribution in [-0.4, -0.2) is 11.6 Å². The van der Waals surface area contributed by atoms with Gasteiger partial charge >= 0.3 is 0 Å². The van der Waals surface area contributed by atoms with Crippen molar-refractivity contribution in [2.45, 2.75) is 20.3 Å². The smallest absolute Gasteiger partial charge is 0.174 e. The Bertz CT molecular complexity index is 696. The van der Waals surface area contributed by atoms with Gasteiger partial charge in [0.2, 0.25) is 0 Å². The average Bonchev–Trinajstić information content (AvgIpc) is 2.76. The third kappa shape index (κ3) is 2.07. The minimum Gasteiger partial charge on any atom is -0.293 e. The second-order valence-corrected chi connectivity index (χ2v) is 5.51. The summed E-state index contributed by atoms with van der Waals surface area (Å²) in [4.78, 5) is 24.9. The Balaban J connectivity index is 1.92. The molecule has 20 heavy (non-hydrogen) atoms. The minimum atomic E-state index is -0.547. The van der Waals surface area contributed by atoms with Crippen LogP contribution in [0.2, 0.25) is 0 Å². The Hall–Kier alpha value is -2.22. The van der Waals surface area contributed by atoms with E-state index in [1.807, 2.05) is 44.2 Å². The number of aryl methyl sites for hydroxylation is 2. The monoisotopic (exact) mass is 264 g/mol. The Kier molecular flexibility index (Phi) is 3.01. The van der Waals surface area contributed by atoms with Crippen LogP contribution in [0, 0.1) is 19.8 Å². The molecule has 0 aromatic heterocycles. The highest BCUT2D eigenvalue weighted by atomic mass is 16.2. The molecule has 0 heterocycles. The molecule has 2 aromatic carbocycles. The first-order chi connectivity index (χ1) is 9.56. The first-order valence-corrected chi connectivity index (χ1v) is 6.81. The van der Waals surface area contributed by atoms with Crippen molar-refractivity contribution in [3.63, 3.8) is 0 Å². The molecule has 100 valence electrons. The van der Waals surface area contributed by atoms with Crippen molar-refractivity contribution in [2.24, 2.45) is 5.92 Å². The Morgan fingerprint density at radius 3 is 2.35 bits per heavy atom. The highest BCUT2D eigenvalue weighted by Gasteiger charge is 2.35. The standard InChI is InChI=1S/C18H16O2/c1-11-3-6-13(7-4-11)17(19)16-10-14-8-5-12(2)9-15(14)18(16)20/h3-9,16H,10H2,1-2H3. The number of carbonyl (C=O) groups is 2. The van der Waals surface area contributed by atoms with Crippen LogP contribution in [0.4, 0.5) is 0 Å². The van der Waals surface area contributed by atoms with Gasteiger partial charge in [0.15, 0.2) is 11.6 Å². The van der Waals surface area contributed by atoms with Gasteiger partial charge in [0.25, 0.3) is 0 Å². The van der Waals surface area contributed by atoms with Gasteiger partial charge in [0.05, 0.1) is 5.92 Å². The fourth-order valence-electron chi connectivity index (χ4n) is 2.73. The third-order valence-corrected chi connectivity index (χ3v) is 3.92. The van der Waals surface area contributed by atoms with Gasteiger partial charge in [-0.25, -0.2) is 0 Å². The molecule has 1 atom stereocenters. The lowest BCUT2D eigenvalue weighted by atomic mass is 9.94. The third-order valence-electron chi connectivity index (χ3n) is 3.92. The van der Waals surface area contributed by atoms with Crippen molar-refractivity contribution in [3.05, 3.63) is 70.3 Å². The summed E-state index contributed by atoms with van der Waals surface area (Å²) < 4.78 is 0. The molecule has 3 rings (SSSR count). The fraction of sp³-hybridized carbons (Fsp3) is 0.222. The van der Waals surface area contributed by atoms with Gasteiger partial charge in [-0.05, 0) is 31.9 Å². The highest BCUT2D eigenvalue weighted by Crippen LogP contribution is 2.30.